The van der Waals surface area contributed by atoms with E-state index in [0.717, 1.165) is 10.9 Å². The second-order valence-electron chi connectivity index (χ2n) is 4.18. The summed E-state index contributed by atoms with van der Waals surface area (Å²) in [4.78, 5) is 3.99. The molecule has 1 saturated carbocycles. The fourth-order valence-electron chi connectivity index (χ4n) is 2.25. The summed E-state index contributed by atoms with van der Waals surface area (Å²) < 4.78 is 0. The third kappa shape index (κ3) is 3.05. The van der Waals surface area contributed by atoms with Gasteiger partial charge in [-0.2, -0.15) is 11.8 Å². The molecule has 2 rings (SSSR count). The Bertz CT molecular complexity index is 346. The molecule has 1 heterocycles. The van der Waals surface area contributed by atoms with Crippen LogP contribution in [0, 0.1) is 0 Å². The van der Waals surface area contributed by atoms with E-state index in [2.05, 4.69) is 16.6 Å². The summed E-state index contributed by atoms with van der Waals surface area (Å²) in [5.41, 5.74) is 1.09. The Morgan fingerprint density at radius 1 is 1.44 bits per heavy atom. The van der Waals surface area contributed by atoms with Crippen molar-refractivity contribution in [2.45, 2.75) is 37.0 Å². The minimum absolute atomic E-state index is 0.557. The number of hydrogen-bond donors (Lipinski definition) is 1. The highest BCUT2D eigenvalue weighted by Gasteiger charge is 2.23. The van der Waals surface area contributed by atoms with Crippen molar-refractivity contribution in [1.82, 2.24) is 4.98 Å². The van der Waals surface area contributed by atoms with Crippen molar-refractivity contribution >= 4 is 29.1 Å². The van der Waals surface area contributed by atoms with Crippen molar-refractivity contribution in [2.75, 3.05) is 11.6 Å². The monoisotopic (exact) mass is 256 g/mol. The first kappa shape index (κ1) is 12.1. The first-order valence-corrected chi connectivity index (χ1v) is 7.37. The summed E-state index contributed by atoms with van der Waals surface area (Å²) in [6.07, 6.45) is 9.21. The SMILES string of the molecule is CSC1CCCCC1Nc1ccnc(Cl)c1. The normalized spacial score (nSPS) is 25.4. The van der Waals surface area contributed by atoms with Crippen molar-refractivity contribution in [3.05, 3.63) is 23.5 Å². The molecular weight excluding hydrogens is 240 g/mol. The Labute approximate surface area is 106 Å². The van der Waals surface area contributed by atoms with Crippen LogP contribution in [-0.2, 0) is 0 Å². The number of aromatic nitrogens is 1. The molecule has 4 heteroatoms. The van der Waals surface area contributed by atoms with Gasteiger partial charge < -0.3 is 5.32 Å². The highest BCUT2D eigenvalue weighted by molar-refractivity contribution is 7.99. The smallest absolute Gasteiger partial charge is 0.131 e. The average Bonchev–Trinajstić information content (AvgIpc) is 2.30. The highest BCUT2D eigenvalue weighted by Crippen LogP contribution is 2.29. The van der Waals surface area contributed by atoms with Crippen LogP contribution in [0.15, 0.2) is 18.3 Å². The van der Waals surface area contributed by atoms with E-state index in [1.165, 1.54) is 25.7 Å². The maximum absolute atomic E-state index is 5.88. The molecule has 1 aromatic rings. The first-order chi connectivity index (χ1) is 7.79. The third-order valence-corrected chi connectivity index (χ3v) is 4.46. The van der Waals surface area contributed by atoms with Crippen molar-refractivity contribution < 1.29 is 0 Å². The van der Waals surface area contributed by atoms with Gasteiger partial charge in [0.1, 0.15) is 5.15 Å². The van der Waals surface area contributed by atoms with Gasteiger partial charge in [0.2, 0.25) is 0 Å². The van der Waals surface area contributed by atoms with E-state index in [4.69, 9.17) is 11.6 Å². The summed E-state index contributed by atoms with van der Waals surface area (Å²) >= 11 is 7.84. The fourth-order valence-corrected chi connectivity index (χ4v) is 3.36. The van der Waals surface area contributed by atoms with Crippen molar-refractivity contribution in [2.24, 2.45) is 0 Å². The number of hydrogen-bond acceptors (Lipinski definition) is 3. The number of pyridine rings is 1. The van der Waals surface area contributed by atoms with Crippen LogP contribution in [0.4, 0.5) is 5.69 Å². The molecule has 1 aromatic heterocycles. The quantitative estimate of drug-likeness (QED) is 0.833. The molecule has 88 valence electrons. The Kier molecular flexibility index (Phi) is 4.36. The minimum Gasteiger partial charge on any atom is -0.381 e. The van der Waals surface area contributed by atoms with Gasteiger partial charge in [-0.25, -0.2) is 4.98 Å². The van der Waals surface area contributed by atoms with E-state index in [0.29, 0.717) is 11.2 Å². The fraction of sp³-hybridized carbons (Fsp3) is 0.583. The molecule has 1 N–H and O–H groups in total. The summed E-state index contributed by atoms with van der Waals surface area (Å²) in [6.45, 7) is 0. The van der Waals surface area contributed by atoms with Gasteiger partial charge in [-0.3, -0.25) is 0 Å². The first-order valence-electron chi connectivity index (χ1n) is 5.70. The summed E-state index contributed by atoms with van der Waals surface area (Å²) in [5.74, 6) is 0. The van der Waals surface area contributed by atoms with E-state index >= 15 is 0 Å². The second-order valence-corrected chi connectivity index (χ2v) is 5.64. The average molecular weight is 257 g/mol. The van der Waals surface area contributed by atoms with E-state index in [9.17, 15) is 0 Å². The largest absolute Gasteiger partial charge is 0.381 e. The molecular formula is C12H17ClN2S. The van der Waals surface area contributed by atoms with Gasteiger partial charge in [0.05, 0.1) is 0 Å². The van der Waals surface area contributed by atoms with Gasteiger partial charge in [0, 0.05) is 23.2 Å². The standard InChI is InChI=1S/C12H17ClN2S/c1-16-11-5-3-2-4-10(11)15-9-6-7-14-12(13)8-9/h6-8,10-11H,2-5H2,1H3,(H,14,15). The Morgan fingerprint density at radius 3 is 3.00 bits per heavy atom. The van der Waals surface area contributed by atoms with E-state index in [1.807, 2.05) is 23.9 Å². The maximum atomic E-state index is 5.88. The predicted octanol–water partition coefficient (Wildman–Crippen LogP) is 3.82. The van der Waals surface area contributed by atoms with Gasteiger partial charge in [-0.15, -0.1) is 0 Å². The zero-order chi connectivity index (χ0) is 11.4. The Morgan fingerprint density at radius 2 is 2.25 bits per heavy atom. The number of nitrogens with one attached hydrogen (secondary N) is 1. The van der Waals surface area contributed by atoms with Crippen molar-refractivity contribution in [3.63, 3.8) is 0 Å². The van der Waals surface area contributed by atoms with Crippen LogP contribution in [0.5, 0.6) is 0 Å². The van der Waals surface area contributed by atoms with E-state index < -0.39 is 0 Å². The molecule has 0 amide bonds. The second kappa shape index (κ2) is 5.78. The molecule has 1 aliphatic rings. The minimum atomic E-state index is 0.557. The van der Waals surface area contributed by atoms with Crippen LogP contribution in [0.3, 0.4) is 0 Å². The number of rotatable bonds is 3. The number of halogens is 1. The van der Waals surface area contributed by atoms with E-state index in [1.54, 1.807) is 6.20 Å². The van der Waals surface area contributed by atoms with Crippen LogP contribution in [0.2, 0.25) is 5.15 Å². The molecule has 0 saturated heterocycles. The van der Waals surface area contributed by atoms with Crippen molar-refractivity contribution in [1.29, 1.82) is 0 Å². The molecule has 0 spiro atoms. The van der Waals surface area contributed by atoms with Crippen LogP contribution < -0.4 is 5.32 Å². The molecule has 0 aliphatic heterocycles. The molecule has 1 aliphatic carbocycles. The van der Waals surface area contributed by atoms with Crippen LogP contribution >= 0.6 is 23.4 Å². The van der Waals surface area contributed by atoms with Gasteiger partial charge in [0.15, 0.2) is 0 Å². The topological polar surface area (TPSA) is 24.9 Å². The number of anilines is 1. The molecule has 0 radical (unpaired) electrons. The molecule has 0 aromatic carbocycles. The summed E-state index contributed by atoms with van der Waals surface area (Å²) in [6, 6.07) is 4.45. The predicted molar refractivity (Wildman–Crippen MR) is 72.4 cm³/mol. The Balaban J connectivity index is 2.02. The van der Waals surface area contributed by atoms with Crippen LogP contribution in [0.1, 0.15) is 25.7 Å². The lowest BCUT2D eigenvalue weighted by atomic mass is 9.94. The highest BCUT2D eigenvalue weighted by atomic mass is 35.5. The molecule has 2 nitrogen and oxygen atoms in total. The summed E-state index contributed by atoms with van der Waals surface area (Å²) in [5, 5.41) is 4.86. The van der Waals surface area contributed by atoms with Crippen LogP contribution in [-0.4, -0.2) is 22.5 Å². The lowest BCUT2D eigenvalue weighted by molar-refractivity contribution is 0.475. The molecule has 2 atom stereocenters. The van der Waals surface area contributed by atoms with Gasteiger partial charge in [-0.05, 0) is 31.2 Å². The van der Waals surface area contributed by atoms with Crippen molar-refractivity contribution in [3.8, 4) is 0 Å². The lowest BCUT2D eigenvalue weighted by Crippen LogP contribution is -2.34. The van der Waals surface area contributed by atoms with Gasteiger partial charge >= 0.3 is 0 Å². The Hall–Kier alpha value is -0.410. The molecule has 0 bridgehead atoms. The zero-order valence-electron chi connectivity index (χ0n) is 9.45. The molecule has 1 fully saturated rings. The van der Waals surface area contributed by atoms with Crippen LogP contribution in [0.25, 0.3) is 0 Å². The van der Waals surface area contributed by atoms with Gasteiger partial charge in [-0.1, -0.05) is 24.4 Å². The van der Waals surface area contributed by atoms with Gasteiger partial charge in [0.25, 0.3) is 0 Å². The maximum Gasteiger partial charge on any atom is 0.131 e. The molecule has 2 unspecified atom stereocenters. The number of thioether (sulfide) groups is 1. The number of nitrogens with zero attached hydrogens (tertiary/aromatic N) is 1. The summed E-state index contributed by atoms with van der Waals surface area (Å²) in [7, 11) is 0. The molecule has 16 heavy (non-hydrogen) atoms. The van der Waals surface area contributed by atoms with E-state index in [-0.39, 0.29) is 0 Å². The third-order valence-electron chi connectivity index (χ3n) is 3.08. The zero-order valence-corrected chi connectivity index (χ0v) is 11.0. The lowest BCUT2D eigenvalue weighted by Gasteiger charge is -2.31.